The molecule has 2 fully saturated rings. The van der Waals surface area contributed by atoms with E-state index in [-0.39, 0.29) is 0 Å². The summed E-state index contributed by atoms with van der Waals surface area (Å²) >= 11 is 0. The maximum Gasteiger partial charge on any atom is 0.0728 e. The highest BCUT2D eigenvalue weighted by atomic mass is 16.5. The first kappa shape index (κ1) is 12.3. The summed E-state index contributed by atoms with van der Waals surface area (Å²) in [4.78, 5) is 0. The molecular weight excluding hydrogens is 202 g/mol. The van der Waals surface area contributed by atoms with E-state index in [4.69, 9.17) is 9.47 Å². The van der Waals surface area contributed by atoms with E-state index in [9.17, 15) is 0 Å². The molecule has 0 aromatic heterocycles. The fourth-order valence-electron chi connectivity index (χ4n) is 2.88. The summed E-state index contributed by atoms with van der Waals surface area (Å²) < 4.78 is 11.3. The van der Waals surface area contributed by atoms with Crippen LogP contribution < -0.4 is 5.32 Å². The molecule has 0 aromatic rings. The van der Waals surface area contributed by atoms with Crippen molar-refractivity contribution in [1.29, 1.82) is 0 Å². The van der Waals surface area contributed by atoms with Crippen LogP contribution in [0.25, 0.3) is 0 Å². The molecule has 0 saturated carbocycles. The summed E-state index contributed by atoms with van der Waals surface area (Å²) in [5.41, 5.74) is 0. The molecule has 2 aliphatic rings. The predicted octanol–water partition coefficient (Wildman–Crippen LogP) is 1.96. The molecule has 0 spiro atoms. The second-order valence-corrected chi connectivity index (χ2v) is 5.09. The van der Waals surface area contributed by atoms with Crippen LogP contribution in [0.2, 0.25) is 0 Å². The Morgan fingerprint density at radius 3 is 2.56 bits per heavy atom. The number of nitrogens with one attached hydrogen (secondary N) is 1. The van der Waals surface area contributed by atoms with E-state index in [0.717, 1.165) is 25.7 Å². The Kier molecular flexibility index (Phi) is 5.07. The maximum atomic E-state index is 5.88. The SMILES string of the molecule is CNC(CC1CCOCC1)C1CCCCO1. The molecule has 0 bridgehead atoms. The lowest BCUT2D eigenvalue weighted by atomic mass is 9.88. The smallest absolute Gasteiger partial charge is 0.0728 e. The van der Waals surface area contributed by atoms with Gasteiger partial charge in [0.2, 0.25) is 0 Å². The molecule has 0 aliphatic carbocycles. The van der Waals surface area contributed by atoms with Gasteiger partial charge in [0.25, 0.3) is 0 Å². The van der Waals surface area contributed by atoms with E-state index in [1.807, 2.05) is 0 Å². The van der Waals surface area contributed by atoms with E-state index in [1.54, 1.807) is 0 Å². The van der Waals surface area contributed by atoms with Crippen LogP contribution in [0, 0.1) is 5.92 Å². The van der Waals surface area contributed by atoms with Crippen molar-refractivity contribution in [3.05, 3.63) is 0 Å². The molecule has 2 saturated heterocycles. The van der Waals surface area contributed by atoms with Gasteiger partial charge in [0.15, 0.2) is 0 Å². The van der Waals surface area contributed by atoms with Crippen LogP contribution in [-0.2, 0) is 9.47 Å². The lowest BCUT2D eigenvalue weighted by Gasteiger charge is -2.33. The summed E-state index contributed by atoms with van der Waals surface area (Å²) in [6.45, 7) is 2.86. The molecule has 0 radical (unpaired) electrons. The standard InChI is InChI=1S/C13H25NO2/c1-14-12(13-4-2-3-7-16-13)10-11-5-8-15-9-6-11/h11-14H,2-10H2,1H3. The Hall–Kier alpha value is -0.120. The van der Waals surface area contributed by atoms with Gasteiger partial charge in [-0.05, 0) is 51.5 Å². The van der Waals surface area contributed by atoms with Crippen molar-refractivity contribution in [3.63, 3.8) is 0 Å². The molecular formula is C13H25NO2. The van der Waals surface area contributed by atoms with Gasteiger partial charge in [-0.3, -0.25) is 0 Å². The van der Waals surface area contributed by atoms with Gasteiger partial charge in [-0.2, -0.15) is 0 Å². The summed E-state index contributed by atoms with van der Waals surface area (Å²) in [6, 6.07) is 0.545. The van der Waals surface area contributed by atoms with E-state index in [1.165, 1.54) is 38.5 Å². The zero-order valence-corrected chi connectivity index (χ0v) is 10.4. The van der Waals surface area contributed by atoms with Gasteiger partial charge < -0.3 is 14.8 Å². The van der Waals surface area contributed by atoms with Gasteiger partial charge in [0.05, 0.1) is 6.10 Å². The summed E-state index contributed by atoms with van der Waals surface area (Å²) in [7, 11) is 2.07. The minimum atomic E-state index is 0.446. The normalized spacial score (nSPS) is 30.2. The lowest BCUT2D eigenvalue weighted by molar-refractivity contribution is -0.0172. The summed E-state index contributed by atoms with van der Waals surface area (Å²) in [5.74, 6) is 0.830. The van der Waals surface area contributed by atoms with Crippen molar-refractivity contribution in [2.75, 3.05) is 26.9 Å². The highest BCUT2D eigenvalue weighted by Gasteiger charge is 2.26. The molecule has 3 heteroatoms. The topological polar surface area (TPSA) is 30.5 Å². The van der Waals surface area contributed by atoms with Crippen molar-refractivity contribution in [2.45, 2.75) is 50.7 Å². The monoisotopic (exact) mass is 227 g/mol. The van der Waals surface area contributed by atoms with Crippen LogP contribution in [0.15, 0.2) is 0 Å². The Balaban J connectivity index is 1.78. The molecule has 3 nitrogen and oxygen atoms in total. The average Bonchev–Trinajstić information content (AvgIpc) is 2.38. The molecule has 16 heavy (non-hydrogen) atoms. The summed E-state index contributed by atoms with van der Waals surface area (Å²) in [5, 5.41) is 3.45. The zero-order chi connectivity index (χ0) is 11.2. The van der Waals surface area contributed by atoms with Crippen molar-refractivity contribution >= 4 is 0 Å². The Labute approximate surface area is 98.9 Å². The van der Waals surface area contributed by atoms with E-state index >= 15 is 0 Å². The first-order valence-electron chi connectivity index (χ1n) is 6.76. The third-order valence-electron chi connectivity index (χ3n) is 3.96. The first-order chi connectivity index (χ1) is 7.90. The van der Waals surface area contributed by atoms with Crippen LogP contribution in [0.4, 0.5) is 0 Å². The fourth-order valence-corrected chi connectivity index (χ4v) is 2.88. The third kappa shape index (κ3) is 3.44. The highest BCUT2D eigenvalue weighted by Crippen LogP contribution is 2.25. The largest absolute Gasteiger partial charge is 0.381 e. The van der Waals surface area contributed by atoms with E-state index in [0.29, 0.717) is 12.1 Å². The van der Waals surface area contributed by atoms with Gasteiger partial charge in [0.1, 0.15) is 0 Å². The van der Waals surface area contributed by atoms with Gasteiger partial charge in [0, 0.05) is 25.9 Å². The molecule has 2 heterocycles. The molecule has 0 amide bonds. The van der Waals surface area contributed by atoms with Crippen LogP contribution in [0.1, 0.15) is 38.5 Å². The minimum Gasteiger partial charge on any atom is -0.381 e. The van der Waals surface area contributed by atoms with Crippen LogP contribution in [0.3, 0.4) is 0 Å². The lowest BCUT2D eigenvalue weighted by Crippen LogP contribution is -2.43. The predicted molar refractivity (Wildman–Crippen MR) is 64.6 cm³/mol. The average molecular weight is 227 g/mol. The Bertz CT molecular complexity index is 186. The Morgan fingerprint density at radius 1 is 1.12 bits per heavy atom. The van der Waals surface area contributed by atoms with Gasteiger partial charge in [-0.25, -0.2) is 0 Å². The van der Waals surface area contributed by atoms with Crippen molar-refractivity contribution in [2.24, 2.45) is 5.92 Å². The molecule has 2 unspecified atom stereocenters. The van der Waals surface area contributed by atoms with E-state index < -0.39 is 0 Å². The van der Waals surface area contributed by atoms with Gasteiger partial charge >= 0.3 is 0 Å². The van der Waals surface area contributed by atoms with Crippen LogP contribution >= 0.6 is 0 Å². The van der Waals surface area contributed by atoms with E-state index in [2.05, 4.69) is 12.4 Å². The van der Waals surface area contributed by atoms with Crippen molar-refractivity contribution < 1.29 is 9.47 Å². The van der Waals surface area contributed by atoms with Crippen molar-refractivity contribution in [1.82, 2.24) is 5.32 Å². The number of hydrogen-bond donors (Lipinski definition) is 1. The van der Waals surface area contributed by atoms with Crippen molar-refractivity contribution in [3.8, 4) is 0 Å². The Morgan fingerprint density at radius 2 is 1.94 bits per heavy atom. The summed E-state index contributed by atoms with van der Waals surface area (Å²) in [6.07, 6.45) is 7.96. The number of ether oxygens (including phenoxy) is 2. The fraction of sp³-hybridized carbons (Fsp3) is 1.00. The highest BCUT2D eigenvalue weighted by molar-refractivity contribution is 4.81. The third-order valence-corrected chi connectivity index (χ3v) is 3.96. The number of hydrogen-bond acceptors (Lipinski definition) is 3. The molecule has 0 aromatic carbocycles. The second-order valence-electron chi connectivity index (χ2n) is 5.09. The number of likely N-dealkylation sites (N-methyl/N-ethyl adjacent to an activating group) is 1. The minimum absolute atomic E-state index is 0.446. The molecule has 2 rings (SSSR count). The van der Waals surface area contributed by atoms with Crippen LogP contribution in [0.5, 0.6) is 0 Å². The molecule has 2 aliphatic heterocycles. The van der Waals surface area contributed by atoms with Crippen LogP contribution in [-0.4, -0.2) is 39.0 Å². The molecule has 2 atom stereocenters. The van der Waals surface area contributed by atoms with Gasteiger partial charge in [-0.1, -0.05) is 0 Å². The van der Waals surface area contributed by atoms with Gasteiger partial charge in [-0.15, -0.1) is 0 Å². The quantitative estimate of drug-likeness (QED) is 0.796. The number of rotatable bonds is 4. The first-order valence-corrected chi connectivity index (χ1v) is 6.76. The maximum absolute atomic E-state index is 5.88. The second kappa shape index (κ2) is 6.58. The molecule has 1 N–H and O–H groups in total. The molecule has 94 valence electrons. The zero-order valence-electron chi connectivity index (χ0n) is 10.4.